The molecule has 1 aliphatic rings. The van der Waals surface area contributed by atoms with Crippen LogP contribution in [0.25, 0.3) is 0 Å². The number of methoxy groups -OCH3 is 1. The molecule has 0 saturated carbocycles. The van der Waals surface area contributed by atoms with Crippen LogP contribution in [0.4, 0.5) is 0 Å². The Morgan fingerprint density at radius 1 is 1.39 bits per heavy atom. The zero-order chi connectivity index (χ0) is 17.2. The second-order valence-electron chi connectivity index (χ2n) is 6.05. The predicted molar refractivity (Wildman–Crippen MR) is 90.3 cm³/mol. The minimum atomic E-state index is -3.32. The second kappa shape index (κ2) is 7.36. The number of aliphatic hydroxyl groups is 1. The van der Waals surface area contributed by atoms with Gasteiger partial charge in [-0.25, -0.2) is 12.7 Å². The summed E-state index contributed by atoms with van der Waals surface area (Å²) in [6.07, 6.45) is -0.640. The molecule has 1 saturated heterocycles. The fourth-order valence-corrected chi connectivity index (χ4v) is 4.17. The van der Waals surface area contributed by atoms with Crippen molar-refractivity contribution in [2.24, 2.45) is 5.92 Å². The molecule has 1 aromatic rings. The molecule has 1 fully saturated rings. The monoisotopic (exact) mass is 362 g/mol. The first-order valence-corrected chi connectivity index (χ1v) is 9.34. The van der Waals surface area contributed by atoms with E-state index in [4.69, 9.17) is 16.3 Å². The number of halogens is 1. The Labute approximate surface area is 142 Å². The van der Waals surface area contributed by atoms with Crippen LogP contribution in [0.3, 0.4) is 0 Å². The molecule has 6 nitrogen and oxygen atoms in total. The van der Waals surface area contributed by atoms with Gasteiger partial charge in [-0.05, 0) is 17.7 Å². The maximum atomic E-state index is 12.0. The highest BCUT2D eigenvalue weighted by molar-refractivity contribution is 7.89. The SMILES string of the molecule is COc1ccc(CN2C[C@@H](CS(=O)(=O)N(C)C)[C@H](O)C2)cc1Cl. The number of benzene rings is 1. The first kappa shape index (κ1) is 18.5. The minimum absolute atomic E-state index is 0.0406. The van der Waals surface area contributed by atoms with Crippen LogP contribution in [0.5, 0.6) is 5.75 Å². The molecule has 0 aliphatic carbocycles. The molecule has 130 valence electrons. The quantitative estimate of drug-likeness (QED) is 0.818. The van der Waals surface area contributed by atoms with Gasteiger partial charge in [-0.15, -0.1) is 0 Å². The number of rotatable bonds is 6. The third kappa shape index (κ3) is 4.58. The van der Waals surface area contributed by atoms with Gasteiger partial charge in [0.2, 0.25) is 10.0 Å². The number of hydrogen-bond acceptors (Lipinski definition) is 5. The standard InChI is InChI=1S/C15H23ClN2O4S/c1-17(2)23(20,21)10-12-8-18(9-14(12)19)7-11-4-5-15(22-3)13(16)6-11/h4-6,12,14,19H,7-10H2,1-3H3/t12-,14+/m0/s1. The zero-order valence-corrected chi connectivity index (χ0v) is 15.1. The maximum absolute atomic E-state index is 12.0. The van der Waals surface area contributed by atoms with Crippen molar-refractivity contribution in [3.8, 4) is 5.75 Å². The average Bonchev–Trinajstić information content (AvgIpc) is 2.78. The van der Waals surface area contributed by atoms with Gasteiger partial charge < -0.3 is 9.84 Å². The molecule has 1 heterocycles. The van der Waals surface area contributed by atoms with Crippen molar-refractivity contribution in [2.75, 3.05) is 40.0 Å². The minimum Gasteiger partial charge on any atom is -0.495 e. The molecule has 0 unspecified atom stereocenters. The van der Waals surface area contributed by atoms with E-state index in [2.05, 4.69) is 0 Å². The Morgan fingerprint density at radius 3 is 2.65 bits per heavy atom. The summed E-state index contributed by atoms with van der Waals surface area (Å²) in [5.74, 6) is 0.295. The molecule has 23 heavy (non-hydrogen) atoms. The third-order valence-electron chi connectivity index (χ3n) is 4.09. The van der Waals surface area contributed by atoms with Crippen molar-refractivity contribution < 1.29 is 18.3 Å². The molecule has 0 amide bonds. The predicted octanol–water partition coefficient (Wildman–Crippen LogP) is 1.03. The smallest absolute Gasteiger partial charge is 0.214 e. The van der Waals surface area contributed by atoms with E-state index < -0.39 is 16.1 Å². The lowest BCUT2D eigenvalue weighted by Crippen LogP contribution is -2.33. The lowest BCUT2D eigenvalue weighted by molar-refractivity contribution is 0.148. The average molecular weight is 363 g/mol. The summed E-state index contributed by atoms with van der Waals surface area (Å²) >= 11 is 6.12. The molecule has 2 atom stereocenters. The molecule has 0 bridgehead atoms. The maximum Gasteiger partial charge on any atom is 0.214 e. The van der Waals surface area contributed by atoms with Crippen LogP contribution >= 0.6 is 11.6 Å². The number of nitrogens with zero attached hydrogens (tertiary/aromatic N) is 2. The van der Waals surface area contributed by atoms with Crippen molar-refractivity contribution in [1.82, 2.24) is 9.21 Å². The van der Waals surface area contributed by atoms with Gasteiger partial charge in [-0.3, -0.25) is 4.90 Å². The number of hydrogen-bond donors (Lipinski definition) is 1. The Hall–Kier alpha value is -0.860. The van der Waals surface area contributed by atoms with Gasteiger partial charge in [-0.2, -0.15) is 0 Å². The highest BCUT2D eigenvalue weighted by Crippen LogP contribution is 2.27. The number of aliphatic hydroxyl groups excluding tert-OH is 1. The summed E-state index contributed by atoms with van der Waals surface area (Å²) in [5.41, 5.74) is 0.999. The molecule has 1 aromatic carbocycles. The van der Waals surface area contributed by atoms with E-state index in [-0.39, 0.29) is 11.7 Å². The van der Waals surface area contributed by atoms with E-state index in [1.807, 2.05) is 17.0 Å². The highest BCUT2D eigenvalue weighted by Gasteiger charge is 2.35. The van der Waals surface area contributed by atoms with E-state index in [0.717, 1.165) is 5.56 Å². The molecule has 0 radical (unpaired) electrons. The third-order valence-corrected chi connectivity index (χ3v) is 6.34. The van der Waals surface area contributed by atoms with Gasteiger partial charge in [0, 0.05) is 39.6 Å². The first-order chi connectivity index (χ1) is 10.7. The Bertz CT molecular complexity index is 651. The van der Waals surface area contributed by atoms with Gasteiger partial charge in [0.1, 0.15) is 5.75 Å². The fourth-order valence-electron chi connectivity index (χ4n) is 2.72. The largest absolute Gasteiger partial charge is 0.495 e. The first-order valence-electron chi connectivity index (χ1n) is 7.36. The van der Waals surface area contributed by atoms with E-state index >= 15 is 0 Å². The molecule has 0 aromatic heterocycles. The number of ether oxygens (including phenoxy) is 1. The van der Waals surface area contributed by atoms with Crippen molar-refractivity contribution in [3.63, 3.8) is 0 Å². The molecule has 0 spiro atoms. The summed E-state index contributed by atoms with van der Waals surface area (Å²) in [4.78, 5) is 2.04. The summed E-state index contributed by atoms with van der Waals surface area (Å²) in [5, 5.41) is 10.7. The summed E-state index contributed by atoms with van der Waals surface area (Å²) in [6, 6.07) is 5.55. The summed E-state index contributed by atoms with van der Waals surface area (Å²) in [6.45, 7) is 1.61. The number of β-amino-alcohol motifs (C(OH)–C–C–N with tert-alkyl or cyclic N) is 1. The van der Waals surface area contributed by atoms with Crippen LogP contribution in [0, 0.1) is 5.92 Å². The number of likely N-dealkylation sites (tertiary alicyclic amines) is 1. The summed E-state index contributed by atoms with van der Waals surface area (Å²) < 4.78 is 30.3. The van der Waals surface area contributed by atoms with E-state index in [1.165, 1.54) is 18.4 Å². The Balaban J connectivity index is 2.00. The van der Waals surface area contributed by atoms with Crippen molar-refractivity contribution >= 4 is 21.6 Å². The van der Waals surface area contributed by atoms with Crippen LogP contribution in [0.1, 0.15) is 5.56 Å². The van der Waals surface area contributed by atoms with Gasteiger partial charge in [0.05, 0.1) is 24.0 Å². The second-order valence-corrected chi connectivity index (χ2v) is 8.69. The molecule has 1 aliphatic heterocycles. The van der Waals surface area contributed by atoms with Crippen LogP contribution in [0.2, 0.25) is 5.02 Å². The van der Waals surface area contributed by atoms with Crippen LogP contribution in [-0.4, -0.2) is 68.9 Å². The van der Waals surface area contributed by atoms with Crippen LogP contribution in [0.15, 0.2) is 18.2 Å². The normalized spacial score (nSPS) is 22.7. The Kier molecular flexibility index (Phi) is 5.91. The highest BCUT2D eigenvalue weighted by atomic mass is 35.5. The summed E-state index contributed by atoms with van der Waals surface area (Å²) in [7, 11) is 1.26. The van der Waals surface area contributed by atoms with Gasteiger partial charge in [0.25, 0.3) is 0 Å². The fraction of sp³-hybridized carbons (Fsp3) is 0.600. The lowest BCUT2D eigenvalue weighted by atomic mass is 10.1. The topological polar surface area (TPSA) is 70.1 Å². The molecule has 2 rings (SSSR count). The van der Waals surface area contributed by atoms with Crippen molar-refractivity contribution in [3.05, 3.63) is 28.8 Å². The van der Waals surface area contributed by atoms with Crippen molar-refractivity contribution in [1.29, 1.82) is 0 Å². The number of sulfonamides is 1. The van der Waals surface area contributed by atoms with E-state index in [1.54, 1.807) is 13.2 Å². The van der Waals surface area contributed by atoms with Crippen molar-refractivity contribution in [2.45, 2.75) is 12.6 Å². The molecular weight excluding hydrogens is 340 g/mol. The van der Waals surface area contributed by atoms with Gasteiger partial charge in [-0.1, -0.05) is 17.7 Å². The van der Waals surface area contributed by atoms with Gasteiger partial charge >= 0.3 is 0 Å². The molecule has 1 N–H and O–H groups in total. The zero-order valence-electron chi connectivity index (χ0n) is 13.6. The van der Waals surface area contributed by atoms with E-state index in [9.17, 15) is 13.5 Å². The molecular formula is C15H23ClN2O4S. The van der Waals surface area contributed by atoms with Crippen LogP contribution < -0.4 is 4.74 Å². The van der Waals surface area contributed by atoms with Gasteiger partial charge in [0.15, 0.2) is 0 Å². The Morgan fingerprint density at radius 2 is 2.09 bits per heavy atom. The van der Waals surface area contributed by atoms with E-state index in [0.29, 0.717) is 30.4 Å². The van der Waals surface area contributed by atoms with Crippen LogP contribution in [-0.2, 0) is 16.6 Å². The molecule has 8 heteroatoms. The lowest BCUT2D eigenvalue weighted by Gasteiger charge is -2.18.